The molecule has 0 atom stereocenters. The largest absolute Gasteiger partial charge is 0.376 e. The van der Waals surface area contributed by atoms with Gasteiger partial charge in [-0.25, -0.2) is 0 Å². The number of hydrogen-bond donors (Lipinski definition) is 0. The first-order valence-electron chi connectivity index (χ1n) is 10.9. The minimum absolute atomic E-state index is 0.187. The predicted molar refractivity (Wildman–Crippen MR) is 104 cm³/mol. The van der Waals surface area contributed by atoms with Crippen molar-refractivity contribution in [3.05, 3.63) is 0 Å². The summed E-state index contributed by atoms with van der Waals surface area (Å²) in [7, 11) is 0. The monoisotopic (exact) mass is 351 g/mol. The topological polar surface area (TPSA) is 21.7 Å². The molecule has 3 heteroatoms. The fraction of sp³-hybridized carbons (Fsp3) is 1.00. The zero-order chi connectivity index (χ0) is 17.9. The first-order chi connectivity index (χ1) is 11.9. The van der Waals surface area contributed by atoms with Crippen molar-refractivity contribution in [2.24, 2.45) is 17.3 Å². The summed E-state index contributed by atoms with van der Waals surface area (Å²) in [5.74, 6) is 1.82. The van der Waals surface area contributed by atoms with Gasteiger partial charge in [0.25, 0.3) is 0 Å². The van der Waals surface area contributed by atoms with Crippen LogP contribution in [0.1, 0.15) is 79.1 Å². The van der Waals surface area contributed by atoms with Crippen LogP contribution in [0.3, 0.4) is 0 Å². The maximum Gasteiger partial charge on any atom is 0.0708 e. The number of ether oxygens (including phenoxy) is 2. The summed E-state index contributed by atoms with van der Waals surface area (Å²) in [4.78, 5) is 2.79. The number of nitrogens with zero attached hydrogens (tertiary/aromatic N) is 1. The zero-order valence-electron chi connectivity index (χ0n) is 17.2. The van der Waals surface area contributed by atoms with E-state index in [1.165, 1.54) is 71.0 Å². The summed E-state index contributed by atoms with van der Waals surface area (Å²) in [5.41, 5.74) is 0.789. The lowest BCUT2D eigenvalue weighted by atomic mass is 9.58. The average Bonchev–Trinajstić information content (AvgIpc) is 2.61. The van der Waals surface area contributed by atoms with Crippen molar-refractivity contribution in [1.29, 1.82) is 0 Å². The summed E-state index contributed by atoms with van der Waals surface area (Å²) < 4.78 is 12.0. The third-order valence-electron chi connectivity index (χ3n) is 7.41. The van der Waals surface area contributed by atoms with Crippen molar-refractivity contribution in [2.75, 3.05) is 32.8 Å². The Morgan fingerprint density at radius 2 is 1.48 bits per heavy atom. The molecule has 25 heavy (non-hydrogen) atoms. The van der Waals surface area contributed by atoms with Gasteiger partial charge in [0.1, 0.15) is 0 Å². The summed E-state index contributed by atoms with van der Waals surface area (Å²) in [6.07, 6.45) is 11.1. The molecule has 0 aromatic heterocycles. The molecule has 4 aliphatic rings. The van der Waals surface area contributed by atoms with Gasteiger partial charge in [0.05, 0.1) is 24.9 Å². The highest BCUT2D eigenvalue weighted by Crippen LogP contribution is 2.54. The molecule has 146 valence electrons. The molecule has 1 aliphatic heterocycles. The number of rotatable bonds is 8. The Bertz CT molecular complexity index is 388. The van der Waals surface area contributed by atoms with Crippen LogP contribution >= 0.6 is 0 Å². The Hall–Kier alpha value is -0.120. The Morgan fingerprint density at radius 1 is 0.880 bits per heavy atom. The number of likely N-dealkylation sites (tertiary alicyclic amines) is 1. The summed E-state index contributed by atoms with van der Waals surface area (Å²) in [5, 5.41) is 0. The Kier molecular flexibility index (Phi) is 6.50. The van der Waals surface area contributed by atoms with E-state index in [-0.39, 0.29) is 5.60 Å². The van der Waals surface area contributed by atoms with Gasteiger partial charge in [0.15, 0.2) is 0 Å². The van der Waals surface area contributed by atoms with Gasteiger partial charge < -0.3 is 14.4 Å². The lowest BCUT2D eigenvalue weighted by Gasteiger charge is -2.55. The molecule has 0 N–H and O–H groups in total. The summed E-state index contributed by atoms with van der Waals surface area (Å²) in [6, 6.07) is 0. The van der Waals surface area contributed by atoms with Crippen LogP contribution in [-0.2, 0) is 9.47 Å². The van der Waals surface area contributed by atoms with E-state index in [2.05, 4.69) is 32.6 Å². The molecule has 3 aliphatic carbocycles. The van der Waals surface area contributed by atoms with Crippen molar-refractivity contribution in [3.63, 3.8) is 0 Å². The first kappa shape index (κ1) is 19.6. The van der Waals surface area contributed by atoms with Crippen molar-refractivity contribution in [2.45, 2.75) is 90.8 Å². The normalized spacial score (nSPS) is 34.3. The van der Waals surface area contributed by atoms with Crippen LogP contribution in [0.2, 0.25) is 0 Å². The van der Waals surface area contributed by atoms with Crippen LogP contribution in [0.25, 0.3) is 0 Å². The van der Waals surface area contributed by atoms with Gasteiger partial charge in [-0.05, 0) is 95.6 Å². The minimum atomic E-state index is 0.187. The molecular formula is C22H41NO2. The molecule has 1 saturated heterocycles. The third kappa shape index (κ3) is 4.99. The van der Waals surface area contributed by atoms with Gasteiger partial charge in [0, 0.05) is 6.54 Å². The third-order valence-corrected chi connectivity index (χ3v) is 7.41. The van der Waals surface area contributed by atoms with Crippen molar-refractivity contribution >= 4 is 0 Å². The average molecular weight is 352 g/mol. The van der Waals surface area contributed by atoms with Crippen LogP contribution < -0.4 is 0 Å². The SMILES string of the molecule is CC(C)OCCOC12CCC(CN3CCC(C(C)C)CC3)(CC1)CC2. The highest BCUT2D eigenvalue weighted by atomic mass is 16.5. The van der Waals surface area contributed by atoms with Gasteiger partial charge in [0.2, 0.25) is 0 Å². The Balaban J connectivity index is 1.42. The van der Waals surface area contributed by atoms with Crippen molar-refractivity contribution < 1.29 is 9.47 Å². The van der Waals surface area contributed by atoms with Crippen molar-refractivity contribution in [1.82, 2.24) is 4.90 Å². The van der Waals surface area contributed by atoms with Gasteiger partial charge in [-0.3, -0.25) is 0 Å². The number of hydrogen-bond acceptors (Lipinski definition) is 3. The Morgan fingerprint density at radius 3 is 2.00 bits per heavy atom. The molecule has 0 unspecified atom stereocenters. The van der Waals surface area contributed by atoms with Crippen LogP contribution in [0.4, 0.5) is 0 Å². The maximum atomic E-state index is 6.34. The maximum absolute atomic E-state index is 6.34. The molecule has 3 saturated carbocycles. The lowest BCUT2D eigenvalue weighted by Crippen LogP contribution is -2.53. The number of fused-ring (bicyclic) bond motifs is 3. The standard InChI is InChI=1S/C22H41NO2/c1-18(2)20-5-13-23(14-6-20)17-21-7-10-22(11-8-21,12-9-21)25-16-15-24-19(3)4/h18-20H,5-17H2,1-4H3. The first-order valence-corrected chi connectivity index (χ1v) is 10.9. The highest BCUT2D eigenvalue weighted by Gasteiger charge is 2.49. The summed E-state index contributed by atoms with van der Waals surface area (Å²) in [6.45, 7) is 14.5. The van der Waals surface area contributed by atoms with E-state index >= 15 is 0 Å². The molecule has 4 rings (SSSR count). The van der Waals surface area contributed by atoms with Gasteiger partial charge in [-0.1, -0.05) is 13.8 Å². The van der Waals surface area contributed by atoms with Crippen LogP contribution in [0.5, 0.6) is 0 Å². The van der Waals surface area contributed by atoms with Gasteiger partial charge >= 0.3 is 0 Å². The van der Waals surface area contributed by atoms with Crippen LogP contribution in [0.15, 0.2) is 0 Å². The Labute approximate surface area is 155 Å². The van der Waals surface area contributed by atoms with E-state index in [0.29, 0.717) is 11.5 Å². The zero-order valence-corrected chi connectivity index (χ0v) is 17.2. The van der Waals surface area contributed by atoms with E-state index in [9.17, 15) is 0 Å². The second-order valence-electron chi connectivity index (χ2n) is 9.81. The fourth-order valence-electron chi connectivity index (χ4n) is 5.48. The van der Waals surface area contributed by atoms with E-state index < -0.39 is 0 Å². The van der Waals surface area contributed by atoms with Gasteiger partial charge in [-0.15, -0.1) is 0 Å². The van der Waals surface area contributed by atoms with Crippen molar-refractivity contribution in [3.8, 4) is 0 Å². The highest BCUT2D eigenvalue weighted by molar-refractivity contribution is 5.02. The molecule has 0 amide bonds. The molecule has 0 spiro atoms. The lowest BCUT2D eigenvalue weighted by molar-refractivity contribution is -0.152. The van der Waals surface area contributed by atoms with Crippen LogP contribution in [-0.4, -0.2) is 49.5 Å². The predicted octanol–water partition coefficient (Wildman–Crippen LogP) is 4.89. The second-order valence-corrected chi connectivity index (χ2v) is 9.81. The van der Waals surface area contributed by atoms with E-state index in [0.717, 1.165) is 25.0 Å². The molecule has 2 bridgehead atoms. The van der Waals surface area contributed by atoms with E-state index in [1.807, 2.05) is 0 Å². The molecular weight excluding hydrogens is 310 g/mol. The van der Waals surface area contributed by atoms with E-state index in [1.54, 1.807) is 0 Å². The molecule has 0 aromatic carbocycles. The van der Waals surface area contributed by atoms with E-state index in [4.69, 9.17) is 9.47 Å². The van der Waals surface area contributed by atoms with Crippen LogP contribution in [0, 0.1) is 17.3 Å². The fourth-order valence-corrected chi connectivity index (χ4v) is 5.48. The smallest absolute Gasteiger partial charge is 0.0708 e. The molecule has 0 aromatic rings. The molecule has 0 radical (unpaired) electrons. The molecule has 1 heterocycles. The van der Waals surface area contributed by atoms with Gasteiger partial charge in [-0.2, -0.15) is 0 Å². The quantitative estimate of drug-likeness (QED) is 0.581. The minimum Gasteiger partial charge on any atom is -0.376 e. The number of piperidine rings is 1. The summed E-state index contributed by atoms with van der Waals surface area (Å²) >= 11 is 0. The molecule has 3 nitrogen and oxygen atoms in total. The second kappa shape index (κ2) is 8.27. The molecule has 4 fully saturated rings.